The third-order valence-corrected chi connectivity index (χ3v) is 3.90. The first-order valence-electron chi connectivity index (χ1n) is 7.10. The largest absolute Gasteiger partial charge is 0.468 e. The Morgan fingerprint density at radius 3 is 2.79 bits per heavy atom. The average Bonchev–Trinajstić information content (AvgIpc) is 2.84. The monoisotopic (exact) mass is 272 g/mol. The van der Waals surface area contributed by atoms with Crippen molar-refractivity contribution in [2.45, 2.75) is 32.2 Å². The molecule has 1 aliphatic rings. The Labute approximate surface area is 116 Å². The van der Waals surface area contributed by atoms with Crippen LogP contribution < -0.4 is 5.32 Å². The first-order valence-corrected chi connectivity index (χ1v) is 7.10. The van der Waals surface area contributed by atoms with Gasteiger partial charge in [0.2, 0.25) is 0 Å². The number of esters is 1. The number of methoxy groups -OCH3 is 2. The average molecular weight is 272 g/mol. The molecule has 1 fully saturated rings. The van der Waals surface area contributed by atoms with Gasteiger partial charge in [0, 0.05) is 20.2 Å². The van der Waals surface area contributed by atoms with Crippen LogP contribution in [0.1, 0.15) is 26.7 Å². The van der Waals surface area contributed by atoms with Gasteiger partial charge in [0.1, 0.15) is 5.54 Å². The number of nitrogens with zero attached hydrogens (tertiary/aromatic N) is 1. The number of hydrogen-bond acceptors (Lipinski definition) is 5. The van der Waals surface area contributed by atoms with E-state index in [2.05, 4.69) is 10.2 Å². The van der Waals surface area contributed by atoms with E-state index < -0.39 is 5.54 Å². The number of rotatable bonds is 8. The van der Waals surface area contributed by atoms with Crippen molar-refractivity contribution in [3.05, 3.63) is 0 Å². The van der Waals surface area contributed by atoms with Gasteiger partial charge in [-0.1, -0.05) is 6.92 Å². The Morgan fingerprint density at radius 2 is 2.21 bits per heavy atom. The minimum atomic E-state index is -0.581. The van der Waals surface area contributed by atoms with Crippen molar-refractivity contribution in [2.75, 3.05) is 47.0 Å². The summed E-state index contributed by atoms with van der Waals surface area (Å²) in [5.74, 6) is 0.454. The molecule has 1 N–H and O–H groups in total. The predicted octanol–water partition coefficient (Wildman–Crippen LogP) is 0.886. The summed E-state index contributed by atoms with van der Waals surface area (Å²) in [7, 11) is 3.20. The number of carbonyl (C=O) groups is 1. The first kappa shape index (κ1) is 16.4. The molecule has 1 heterocycles. The van der Waals surface area contributed by atoms with Crippen LogP contribution in [0.2, 0.25) is 0 Å². The summed E-state index contributed by atoms with van der Waals surface area (Å²) in [5.41, 5.74) is -0.581. The molecule has 5 heteroatoms. The maximum absolute atomic E-state index is 11.9. The third kappa shape index (κ3) is 4.75. The number of hydrogen-bond donors (Lipinski definition) is 1. The van der Waals surface area contributed by atoms with Gasteiger partial charge in [-0.05, 0) is 38.8 Å². The van der Waals surface area contributed by atoms with Crippen molar-refractivity contribution in [2.24, 2.45) is 5.92 Å². The highest BCUT2D eigenvalue weighted by molar-refractivity contribution is 5.80. The van der Waals surface area contributed by atoms with Crippen molar-refractivity contribution in [1.29, 1.82) is 0 Å². The lowest BCUT2D eigenvalue weighted by molar-refractivity contribution is -0.148. The van der Waals surface area contributed by atoms with Gasteiger partial charge in [0.15, 0.2) is 0 Å². The standard InChI is InChI=1S/C14H28N2O3/c1-5-15-14(2,13(17)19-4)7-9-16-8-6-12(10-16)11-18-3/h12,15H,5-11H2,1-4H3. The van der Waals surface area contributed by atoms with Crippen LogP contribution in [-0.2, 0) is 14.3 Å². The smallest absolute Gasteiger partial charge is 0.325 e. The lowest BCUT2D eigenvalue weighted by Gasteiger charge is -2.29. The highest BCUT2D eigenvalue weighted by Crippen LogP contribution is 2.19. The van der Waals surface area contributed by atoms with Crippen LogP contribution in [0.5, 0.6) is 0 Å². The molecule has 19 heavy (non-hydrogen) atoms. The molecule has 0 aliphatic carbocycles. The second-order valence-corrected chi connectivity index (χ2v) is 5.51. The highest BCUT2D eigenvalue weighted by Gasteiger charge is 2.34. The molecule has 0 aromatic carbocycles. The first-order chi connectivity index (χ1) is 9.05. The van der Waals surface area contributed by atoms with E-state index in [0.29, 0.717) is 5.92 Å². The van der Waals surface area contributed by atoms with Crippen molar-refractivity contribution < 1.29 is 14.3 Å². The minimum Gasteiger partial charge on any atom is -0.468 e. The summed E-state index contributed by atoms with van der Waals surface area (Å²) in [4.78, 5) is 14.3. The lowest BCUT2D eigenvalue weighted by Crippen LogP contribution is -2.51. The van der Waals surface area contributed by atoms with Gasteiger partial charge in [-0.2, -0.15) is 0 Å². The summed E-state index contributed by atoms with van der Waals surface area (Å²) in [6.07, 6.45) is 1.96. The molecule has 112 valence electrons. The summed E-state index contributed by atoms with van der Waals surface area (Å²) < 4.78 is 10.1. The normalized spacial score (nSPS) is 23.3. The molecule has 0 saturated carbocycles. The zero-order valence-electron chi connectivity index (χ0n) is 12.7. The molecular weight excluding hydrogens is 244 g/mol. The zero-order valence-corrected chi connectivity index (χ0v) is 12.7. The number of ether oxygens (including phenoxy) is 2. The van der Waals surface area contributed by atoms with Crippen molar-refractivity contribution >= 4 is 5.97 Å². The Balaban J connectivity index is 2.42. The molecule has 1 aliphatic heterocycles. The maximum atomic E-state index is 11.9. The molecule has 0 radical (unpaired) electrons. The van der Waals surface area contributed by atoms with E-state index in [-0.39, 0.29) is 5.97 Å². The molecule has 5 nitrogen and oxygen atoms in total. The van der Waals surface area contributed by atoms with Gasteiger partial charge >= 0.3 is 5.97 Å². The van der Waals surface area contributed by atoms with E-state index in [4.69, 9.17) is 9.47 Å². The van der Waals surface area contributed by atoms with Crippen molar-refractivity contribution in [3.63, 3.8) is 0 Å². The lowest BCUT2D eigenvalue weighted by atomic mass is 9.97. The third-order valence-electron chi connectivity index (χ3n) is 3.90. The maximum Gasteiger partial charge on any atom is 0.325 e. The highest BCUT2D eigenvalue weighted by atomic mass is 16.5. The van der Waals surface area contributed by atoms with E-state index in [1.165, 1.54) is 13.5 Å². The van der Waals surface area contributed by atoms with E-state index in [0.717, 1.165) is 39.2 Å². The minimum absolute atomic E-state index is 0.179. The van der Waals surface area contributed by atoms with Gasteiger partial charge in [-0.3, -0.25) is 4.79 Å². The van der Waals surface area contributed by atoms with Gasteiger partial charge in [0.25, 0.3) is 0 Å². The number of nitrogens with one attached hydrogen (secondary N) is 1. The van der Waals surface area contributed by atoms with Crippen LogP contribution in [0.4, 0.5) is 0 Å². The number of likely N-dealkylation sites (tertiary alicyclic amines) is 1. The summed E-state index contributed by atoms with van der Waals surface area (Å²) in [6.45, 7) is 8.60. The number of likely N-dealkylation sites (N-methyl/N-ethyl adjacent to an activating group) is 1. The SMILES string of the molecule is CCNC(C)(CCN1CCC(COC)C1)C(=O)OC. The van der Waals surface area contributed by atoms with Crippen LogP contribution >= 0.6 is 0 Å². The Kier molecular flexibility index (Phi) is 6.75. The van der Waals surface area contributed by atoms with Crippen LogP contribution in [0.25, 0.3) is 0 Å². The molecule has 2 atom stereocenters. The fourth-order valence-corrected chi connectivity index (χ4v) is 2.75. The number of carbonyl (C=O) groups excluding carboxylic acids is 1. The van der Waals surface area contributed by atoms with E-state index in [1.807, 2.05) is 13.8 Å². The Morgan fingerprint density at radius 1 is 1.47 bits per heavy atom. The van der Waals surface area contributed by atoms with Crippen LogP contribution in [0, 0.1) is 5.92 Å². The van der Waals surface area contributed by atoms with Gasteiger partial charge in [-0.15, -0.1) is 0 Å². The molecule has 0 bridgehead atoms. The molecule has 0 amide bonds. The Bertz CT molecular complexity index is 286. The Hall–Kier alpha value is -0.650. The second-order valence-electron chi connectivity index (χ2n) is 5.51. The summed E-state index contributed by atoms with van der Waals surface area (Å²) >= 11 is 0. The molecule has 0 aromatic rings. The van der Waals surface area contributed by atoms with Gasteiger partial charge < -0.3 is 19.7 Å². The molecule has 0 spiro atoms. The quantitative estimate of drug-likeness (QED) is 0.665. The van der Waals surface area contributed by atoms with Crippen LogP contribution in [-0.4, -0.2) is 63.4 Å². The van der Waals surface area contributed by atoms with Crippen molar-refractivity contribution in [1.82, 2.24) is 10.2 Å². The van der Waals surface area contributed by atoms with Crippen LogP contribution in [0.15, 0.2) is 0 Å². The van der Waals surface area contributed by atoms with Crippen molar-refractivity contribution in [3.8, 4) is 0 Å². The van der Waals surface area contributed by atoms with Gasteiger partial charge in [0.05, 0.1) is 13.7 Å². The van der Waals surface area contributed by atoms with E-state index in [9.17, 15) is 4.79 Å². The summed E-state index contributed by atoms with van der Waals surface area (Å²) in [5, 5.41) is 3.24. The molecule has 1 rings (SSSR count). The molecule has 2 unspecified atom stereocenters. The van der Waals surface area contributed by atoms with Gasteiger partial charge in [-0.25, -0.2) is 0 Å². The second kappa shape index (κ2) is 7.82. The fourth-order valence-electron chi connectivity index (χ4n) is 2.75. The topological polar surface area (TPSA) is 50.8 Å². The van der Waals surface area contributed by atoms with E-state index in [1.54, 1.807) is 7.11 Å². The zero-order chi connectivity index (χ0) is 14.3. The van der Waals surface area contributed by atoms with Crippen LogP contribution in [0.3, 0.4) is 0 Å². The van der Waals surface area contributed by atoms with E-state index >= 15 is 0 Å². The summed E-state index contributed by atoms with van der Waals surface area (Å²) in [6, 6.07) is 0. The predicted molar refractivity (Wildman–Crippen MR) is 75.1 cm³/mol. The molecular formula is C14H28N2O3. The fraction of sp³-hybridized carbons (Fsp3) is 0.929. The molecule has 1 saturated heterocycles. The molecule has 0 aromatic heterocycles.